The SMILES string of the molecule is O=C1OC(c2ccc(Cl)c([N+](=O)[O-])c2)=N/C1=C\c1cc(I)c(OCc2ccccc2)c(I)c1. The molecule has 4 rings (SSSR count). The van der Waals surface area contributed by atoms with Gasteiger partial charge < -0.3 is 9.47 Å². The lowest BCUT2D eigenvalue weighted by Gasteiger charge is -2.11. The van der Waals surface area contributed by atoms with Gasteiger partial charge in [-0.15, -0.1) is 0 Å². The van der Waals surface area contributed by atoms with Crippen LogP contribution < -0.4 is 4.74 Å². The zero-order chi connectivity index (χ0) is 23.5. The fraction of sp³-hybridized carbons (Fsp3) is 0.0435. The van der Waals surface area contributed by atoms with Gasteiger partial charge in [-0.05, 0) is 86.7 Å². The number of ether oxygens (including phenoxy) is 2. The Morgan fingerprint density at radius 3 is 2.45 bits per heavy atom. The molecule has 33 heavy (non-hydrogen) atoms. The molecular weight excluding hydrogens is 674 g/mol. The van der Waals surface area contributed by atoms with Crippen molar-refractivity contribution in [3.63, 3.8) is 0 Å². The van der Waals surface area contributed by atoms with E-state index >= 15 is 0 Å². The van der Waals surface area contributed by atoms with Crippen molar-refractivity contribution in [1.82, 2.24) is 0 Å². The van der Waals surface area contributed by atoms with Gasteiger partial charge in [-0.25, -0.2) is 9.79 Å². The summed E-state index contributed by atoms with van der Waals surface area (Å²) < 4.78 is 13.0. The molecule has 3 aromatic carbocycles. The van der Waals surface area contributed by atoms with Crippen LogP contribution in [0.15, 0.2) is 71.4 Å². The van der Waals surface area contributed by atoms with Gasteiger partial charge in [0.2, 0.25) is 5.90 Å². The maximum atomic E-state index is 12.4. The van der Waals surface area contributed by atoms with Crippen molar-refractivity contribution in [1.29, 1.82) is 0 Å². The monoisotopic (exact) mass is 686 g/mol. The molecule has 0 N–H and O–H groups in total. The molecule has 0 unspecified atom stereocenters. The molecule has 7 nitrogen and oxygen atoms in total. The van der Waals surface area contributed by atoms with Crippen LogP contribution in [-0.4, -0.2) is 16.8 Å². The van der Waals surface area contributed by atoms with E-state index in [1.165, 1.54) is 18.2 Å². The largest absolute Gasteiger partial charge is 0.487 e. The fourth-order valence-electron chi connectivity index (χ4n) is 3.01. The van der Waals surface area contributed by atoms with Gasteiger partial charge in [0.25, 0.3) is 5.69 Å². The van der Waals surface area contributed by atoms with Crippen molar-refractivity contribution in [2.24, 2.45) is 4.99 Å². The summed E-state index contributed by atoms with van der Waals surface area (Å²) >= 11 is 10.2. The van der Waals surface area contributed by atoms with Crippen molar-refractivity contribution >= 4 is 80.4 Å². The Labute approximate surface area is 220 Å². The number of carbonyl (C=O) groups excluding carboxylic acids is 1. The number of hydrogen-bond donors (Lipinski definition) is 0. The Balaban J connectivity index is 1.58. The smallest absolute Gasteiger partial charge is 0.363 e. The zero-order valence-electron chi connectivity index (χ0n) is 16.6. The predicted molar refractivity (Wildman–Crippen MR) is 141 cm³/mol. The van der Waals surface area contributed by atoms with Gasteiger partial charge in [0.1, 0.15) is 17.4 Å². The molecule has 166 valence electrons. The maximum Gasteiger partial charge on any atom is 0.363 e. The molecule has 0 aromatic heterocycles. The molecule has 1 aliphatic heterocycles. The Morgan fingerprint density at radius 1 is 1.09 bits per heavy atom. The number of hydrogen-bond acceptors (Lipinski definition) is 6. The Hall–Kier alpha value is -2.51. The number of rotatable bonds is 6. The third-order valence-corrected chi connectivity index (χ3v) is 6.48. The highest BCUT2D eigenvalue weighted by atomic mass is 127. The molecule has 3 aromatic rings. The topological polar surface area (TPSA) is 91.0 Å². The van der Waals surface area contributed by atoms with E-state index in [-0.39, 0.29) is 27.9 Å². The second kappa shape index (κ2) is 10.2. The average Bonchev–Trinajstić information content (AvgIpc) is 3.14. The first kappa shape index (κ1) is 23.6. The van der Waals surface area contributed by atoms with Gasteiger partial charge in [0, 0.05) is 11.6 Å². The number of nitro benzene ring substituents is 1. The van der Waals surface area contributed by atoms with Gasteiger partial charge in [-0.3, -0.25) is 10.1 Å². The van der Waals surface area contributed by atoms with Crippen LogP contribution in [0.4, 0.5) is 5.69 Å². The lowest BCUT2D eigenvalue weighted by atomic mass is 10.2. The molecule has 0 radical (unpaired) electrons. The molecule has 0 amide bonds. The van der Waals surface area contributed by atoms with Crippen molar-refractivity contribution < 1.29 is 19.2 Å². The van der Waals surface area contributed by atoms with E-state index in [2.05, 4.69) is 50.2 Å². The Kier molecular flexibility index (Phi) is 7.29. The van der Waals surface area contributed by atoms with E-state index in [0.29, 0.717) is 6.61 Å². The van der Waals surface area contributed by atoms with Crippen LogP contribution >= 0.6 is 56.8 Å². The minimum absolute atomic E-state index is 0.0110. The van der Waals surface area contributed by atoms with Crippen molar-refractivity contribution in [2.75, 3.05) is 0 Å². The zero-order valence-corrected chi connectivity index (χ0v) is 21.7. The molecule has 1 heterocycles. The molecule has 10 heteroatoms. The lowest BCUT2D eigenvalue weighted by molar-refractivity contribution is -0.384. The average molecular weight is 687 g/mol. The van der Waals surface area contributed by atoms with Crippen LogP contribution in [-0.2, 0) is 16.1 Å². The van der Waals surface area contributed by atoms with Gasteiger partial charge in [-0.1, -0.05) is 41.9 Å². The maximum absolute atomic E-state index is 12.4. The summed E-state index contributed by atoms with van der Waals surface area (Å²) in [6.45, 7) is 0.445. The molecule has 0 spiro atoms. The molecule has 0 saturated carbocycles. The number of benzene rings is 3. The first-order chi connectivity index (χ1) is 15.8. The van der Waals surface area contributed by atoms with E-state index < -0.39 is 10.9 Å². The summed E-state index contributed by atoms with van der Waals surface area (Å²) in [5, 5.41) is 11.1. The van der Waals surface area contributed by atoms with E-state index in [1.807, 2.05) is 42.5 Å². The Bertz CT molecular complexity index is 1300. The van der Waals surface area contributed by atoms with Crippen molar-refractivity contribution in [3.8, 4) is 5.75 Å². The summed E-state index contributed by atoms with van der Waals surface area (Å²) in [6.07, 6.45) is 1.60. The third kappa shape index (κ3) is 5.53. The summed E-state index contributed by atoms with van der Waals surface area (Å²) in [4.78, 5) is 27.1. The number of carbonyl (C=O) groups is 1. The van der Waals surface area contributed by atoms with Crippen LogP contribution in [0.25, 0.3) is 6.08 Å². The summed E-state index contributed by atoms with van der Waals surface area (Å²) in [6, 6.07) is 17.7. The molecular formula is C23H13ClI2N2O5. The van der Waals surface area contributed by atoms with Gasteiger partial charge >= 0.3 is 5.97 Å². The van der Waals surface area contributed by atoms with Gasteiger partial charge in [-0.2, -0.15) is 0 Å². The van der Waals surface area contributed by atoms with E-state index in [1.54, 1.807) is 6.08 Å². The standard InChI is InChI=1S/C23H13ClI2N2O5/c24-16-7-6-15(11-20(16)28(30)31)22-27-19(23(29)33-22)10-14-8-17(25)21(18(26)9-14)32-12-13-4-2-1-3-5-13/h1-11H,12H2/b19-10-. The van der Waals surface area contributed by atoms with Crippen molar-refractivity contribution in [3.05, 3.63) is 105 Å². The minimum Gasteiger partial charge on any atom is -0.487 e. The number of esters is 1. The highest BCUT2D eigenvalue weighted by Crippen LogP contribution is 2.32. The van der Waals surface area contributed by atoms with Crippen LogP contribution in [0.3, 0.4) is 0 Å². The molecule has 0 bridgehead atoms. The normalized spacial score (nSPS) is 14.2. The van der Waals surface area contributed by atoms with Crippen LogP contribution in [0.1, 0.15) is 16.7 Å². The second-order valence-corrected chi connectivity index (χ2v) is 9.58. The summed E-state index contributed by atoms with van der Waals surface area (Å²) in [5.74, 6) is 0.101. The van der Waals surface area contributed by atoms with Crippen LogP contribution in [0.5, 0.6) is 5.75 Å². The minimum atomic E-state index is -0.642. The number of aliphatic imine (C=N–C) groups is 1. The fourth-order valence-corrected chi connectivity index (χ4v) is 5.32. The van der Waals surface area contributed by atoms with Gasteiger partial charge in [0.15, 0.2) is 5.70 Å². The molecule has 0 fully saturated rings. The predicted octanol–water partition coefficient (Wildman–Crippen LogP) is 6.38. The van der Waals surface area contributed by atoms with E-state index in [0.717, 1.165) is 24.0 Å². The van der Waals surface area contributed by atoms with Crippen molar-refractivity contribution in [2.45, 2.75) is 6.61 Å². The van der Waals surface area contributed by atoms with Crippen LogP contribution in [0.2, 0.25) is 5.02 Å². The summed E-state index contributed by atoms with van der Waals surface area (Å²) in [5.41, 5.74) is 1.90. The number of nitro groups is 1. The highest BCUT2D eigenvalue weighted by Gasteiger charge is 2.26. The quantitative estimate of drug-likeness (QED) is 0.0988. The first-order valence-electron chi connectivity index (χ1n) is 9.44. The number of halogens is 3. The van der Waals surface area contributed by atoms with Crippen LogP contribution in [0, 0.1) is 17.3 Å². The molecule has 0 atom stereocenters. The highest BCUT2D eigenvalue weighted by molar-refractivity contribution is 14.1. The van der Waals surface area contributed by atoms with E-state index in [4.69, 9.17) is 21.1 Å². The third-order valence-electron chi connectivity index (χ3n) is 4.56. The molecule has 0 aliphatic carbocycles. The lowest BCUT2D eigenvalue weighted by Crippen LogP contribution is -2.06. The Morgan fingerprint density at radius 2 is 1.79 bits per heavy atom. The van der Waals surface area contributed by atoms with E-state index in [9.17, 15) is 14.9 Å². The number of nitrogens with zero attached hydrogens (tertiary/aromatic N) is 2. The number of cyclic esters (lactones) is 1. The molecule has 1 aliphatic rings. The summed E-state index contributed by atoms with van der Waals surface area (Å²) in [7, 11) is 0. The molecule has 0 saturated heterocycles. The van der Waals surface area contributed by atoms with Gasteiger partial charge in [0.05, 0.1) is 12.1 Å². The second-order valence-electron chi connectivity index (χ2n) is 6.85. The first-order valence-corrected chi connectivity index (χ1v) is 12.0.